The van der Waals surface area contributed by atoms with E-state index in [4.69, 9.17) is 10.5 Å². The summed E-state index contributed by atoms with van der Waals surface area (Å²) in [5, 5.41) is 0. The minimum Gasteiger partial charge on any atom is -0.373 e. The molecule has 2 nitrogen and oxygen atoms in total. The van der Waals surface area contributed by atoms with Crippen LogP contribution in [0.25, 0.3) is 0 Å². The fraction of sp³-hybridized carbons (Fsp3) is 0.571. The molecule has 0 amide bonds. The summed E-state index contributed by atoms with van der Waals surface area (Å²) < 4.78 is 5.64. The van der Waals surface area contributed by atoms with Crippen LogP contribution >= 0.6 is 0 Å². The molecule has 0 saturated heterocycles. The first-order chi connectivity index (χ1) is 7.81. The number of rotatable bonds is 4. The fourth-order valence-corrected chi connectivity index (χ4v) is 2.35. The lowest BCUT2D eigenvalue weighted by Gasteiger charge is -2.19. The van der Waals surface area contributed by atoms with Gasteiger partial charge in [-0.3, -0.25) is 0 Å². The highest BCUT2D eigenvalue weighted by molar-refractivity contribution is 5.34. The smallest absolute Gasteiger partial charge is 0.0797 e. The zero-order valence-electron chi connectivity index (χ0n) is 10.0. The summed E-state index contributed by atoms with van der Waals surface area (Å²) in [6, 6.07) is 6.78. The first kappa shape index (κ1) is 11.6. The van der Waals surface area contributed by atoms with Gasteiger partial charge in [0.2, 0.25) is 0 Å². The molecule has 88 valence electrons. The van der Waals surface area contributed by atoms with Gasteiger partial charge in [-0.25, -0.2) is 0 Å². The van der Waals surface area contributed by atoms with Crippen molar-refractivity contribution in [1.82, 2.24) is 0 Å². The van der Waals surface area contributed by atoms with Crippen molar-refractivity contribution in [1.29, 1.82) is 0 Å². The summed E-state index contributed by atoms with van der Waals surface area (Å²) in [7, 11) is 0. The molecule has 0 bridgehead atoms. The molecule has 2 rings (SSSR count). The van der Waals surface area contributed by atoms with E-state index in [1.54, 1.807) is 0 Å². The van der Waals surface area contributed by atoms with Crippen molar-refractivity contribution < 1.29 is 4.74 Å². The molecule has 16 heavy (non-hydrogen) atoms. The normalized spacial score (nSPS) is 16.9. The Labute approximate surface area is 97.8 Å². The molecule has 2 N–H and O–H groups in total. The van der Waals surface area contributed by atoms with E-state index in [-0.39, 0.29) is 6.10 Å². The molecule has 0 fully saturated rings. The maximum atomic E-state index is 5.64. The number of hydrogen-bond donors (Lipinski definition) is 1. The van der Waals surface area contributed by atoms with Crippen molar-refractivity contribution in [3.63, 3.8) is 0 Å². The molecule has 1 aromatic rings. The highest BCUT2D eigenvalue weighted by atomic mass is 16.5. The third-order valence-electron chi connectivity index (χ3n) is 3.33. The fourth-order valence-electron chi connectivity index (χ4n) is 2.35. The van der Waals surface area contributed by atoms with E-state index in [0.29, 0.717) is 13.2 Å². The van der Waals surface area contributed by atoms with Gasteiger partial charge in [-0.2, -0.15) is 0 Å². The summed E-state index contributed by atoms with van der Waals surface area (Å²) >= 11 is 0. The second-order valence-corrected chi connectivity index (χ2v) is 4.54. The van der Waals surface area contributed by atoms with Crippen molar-refractivity contribution in [2.75, 3.05) is 13.2 Å². The highest BCUT2D eigenvalue weighted by Crippen LogP contribution is 2.25. The Morgan fingerprint density at radius 1 is 1.25 bits per heavy atom. The van der Waals surface area contributed by atoms with Crippen LogP contribution in [0.5, 0.6) is 0 Å². The van der Waals surface area contributed by atoms with Crippen LogP contribution in [0, 0.1) is 0 Å². The van der Waals surface area contributed by atoms with Gasteiger partial charge < -0.3 is 10.5 Å². The number of fused-ring (bicyclic) bond motifs is 1. The standard InChI is InChI=1S/C14H21NO/c1-11(16-9-8-15)13-7-6-12-4-2-3-5-14(12)10-13/h6-7,10-11H,2-5,8-9,15H2,1H3. The Morgan fingerprint density at radius 3 is 2.75 bits per heavy atom. The van der Waals surface area contributed by atoms with Crippen LogP contribution in [0.15, 0.2) is 18.2 Å². The summed E-state index contributed by atoms with van der Waals surface area (Å²) in [4.78, 5) is 0. The second-order valence-electron chi connectivity index (χ2n) is 4.54. The Balaban J connectivity index is 2.10. The Morgan fingerprint density at radius 2 is 2.00 bits per heavy atom. The van der Waals surface area contributed by atoms with Crippen molar-refractivity contribution in [2.45, 2.75) is 38.7 Å². The summed E-state index contributed by atoms with van der Waals surface area (Å²) in [6.07, 6.45) is 5.30. The van der Waals surface area contributed by atoms with E-state index in [2.05, 4.69) is 25.1 Å². The van der Waals surface area contributed by atoms with Crippen molar-refractivity contribution in [3.8, 4) is 0 Å². The predicted octanol–water partition coefficient (Wildman–Crippen LogP) is 2.60. The van der Waals surface area contributed by atoms with Gasteiger partial charge in [-0.15, -0.1) is 0 Å². The molecule has 1 aromatic carbocycles. The van der Waals surface area contributed by atoms with Crippen LogP contribution in [0.2, 0.25) is 0 Å². The Kier molecular flexibility index (Phi) is 3.97. The molecular formula is C14H21NO. The first-order valence-corrected chi connectivity index (χ1v) is 6.24. The largest absolute Gasteiger partial charge is 0.373 e. The number of nitrogens with two attached hydrogens (primary N) is 1. The molecule has 2 heteroatoms. The van der Waals surface area contributed by atoms with E-state index in [0.717, 1.165) is 0 Å². The first-order valence-electron chi connectivity index (χ1n) is 6.24. The van der Waals surface area contributed by atoms with Crippen LogP contribution in [-0.2, 0) is 17.6 Å². The number of ether oxygens (including phenoxy) is 1. The van der Waals surface area contributed by atoms with E-state index in [1.807, 2.05) is 0 Å². The maximum absolute atomic E-state index is 5.64. The molecule has 0 saturated carbocycles. The number of aryl methyl sites for hydroxylation is 2. The van der Waals surface area contributed by atoms with E-state index >= 15 is 0 Å². The van der Waals surface area contributed by atoms with Gasteiger partial charge in [-0.05, 0) is 49.3 Å². The van der Waals surface area contributed by atoms with Crippen LogP contribution in [0.4, 0.5) is 0 Å². The van der Waals surface area contributed by atoms with E-state index in [1.165, 1.54) is 42.4 Å². The zero-order valence-corrected chi connectivity index (χ0v) is 10.0. The molecular weight excluding hydrogens is 198 g/mol. The molecule has 0 aliphatic heterocycles. The van der Waals surface area contributed by atoms with Gasteiger partial charge in [0.1, 0.15) is 0 Å². The van der Waals surface area contributed by atoms with E-state index < -0.39 is 0 Å². The van der Waals surface area contributed by atoms with Crippen molar-refractivity contribution in [3.05, 3.63) is 34.9 Å². The lowest BCUT2D eigenvalue weighted by atomic mass is 9.90. The maximum Gasteiger partial charge on any atom is 0.0797 e. The average molecular weight is 219 g/mol. The third-order valence-corrected chi connectivity index (χ3v) is 3.33. The van der Waals surface area contributed by atoms with Gasteiger partial charge in [0.15, 0.2) is 0 Å². The molecule has 0 aromatic heterocycles. The van der Waals surface area contributed by atoms with Crippen LogP contribution in [0.1, 0.15) is 42.6 Å². The van der Waals surface area contributed by atoms with E-state index in [9.17, 15) is 0 Å². The molecule has 1 aliphatic carbocycles. The molecule has 1 unspecified atom stereocenters. The van der Waals surface area contributed by atoms with Crippen LogP contribution in [-0.4, -0.2) is 13.2 Å². The SMILES string of the molecule is CC(OCCN)c1ccc2c(c1)CCCC2. The minimum absolute atomic E-state index is 0.163. The Bertz CT molecular complexity index is 349. The molecule has 1 aliphatic rings. The van der Waals surface area contributed by atoms with Crippen LogP contribution < -0.4 is 5.73 Å². The quantitative estimate of drug-likeness (QED) is 0.844. The van der Waals surface area contributed by atoms with Gasteiger partial charge >= 0.3 is 0 Å². The summed E-state index contributed by atoms with van der Waals surface area (Å²) in [5.74, 6) is 0. The highest BCUT2D eigenvalue weighted by Gasteiger charge is 2.12. The third kappa shape index (κ3) is 2.63. The Hall–Kier alpha value is -0.860. The average Bonchev–Trinajstić information content (AvgIpc) is 2.35. The molecule has 0 radical (unpaired) electrons. The lowest BCUT2D eigenvalue weighted by molar-refractivity contribution is 0.0717. The van der Waals surface area contributed by atoms with Crippen molar-refractivity contribution >= 4 is 0 Å². The molecule has 1 atom stereocenters. The van der Waals surface area contributed by atoms with Gasteiger partial charge in [0.25, 0.3) is 0 Å². The molecule has 0 spiro atoms. The monoisotopic (exact) mass is 219 g/mol. The molecule has 0 heterocycles. The van der Waals surface area contributed by atoms with Gasteiger partial charge in [-0.1, -0.05) is 18.2 Å². The number of hydrogen-bond acceptors (Lipinski definition) is 2. The number of benzene rings is 1. The second kappa shape index (κ2) is 5.46. The van der Waals surface area contributed by atoms with Crippen molar-refractivity contribution in [2.24, 2.45) is 5.73 Å². The summed E-state index contributed by atoms with van der Waals surface area (Å²) in [6.45, 7) is 3.33. The topological polar surface area (TPSA) is 35.2 Å². The minimum atomic E-state index is 0.163. The zero-order chi connectivity index (χ0) is 11.4. The van der Waals surface area contributed by atoms with Gasteiger partial charge in [0.05, 0.1) is 12.7 Å². The summed E-state index contributed by atoms with van der Waals surface area (Å²) in [5.41, 5.74) is 9.78. The lowest BCUT2D eigenvalue weighted by Crippen LogP contribution is -2.11. The van der Waals surface area contributed by atoms with Gasteiger partial charge in [0, 0.05) is 6.54 Å². The van der Waals surface area contributed by atoms with Crippen LogP contribution in [0.3, 0.4) is 0 Å². The predicted molar refractivity (Wildman–Crippen MR) is 66.5 cm³/mol.